The van der Waals surface area contributed by atoms with Crippen LogP contribution in [0.1, 0.15) is 22.5 Å². The van der Waals surface area contributed by atoms with Gasteiger partial charge in [0.2, 0.25) is 0 Å². The first-order valence-electron chi connectivity index (χ1n) is 13.2. The van der Waals surface area contributed by atoms with Crippen molar-refractivity contribution in [1.29, 1.82) is 0 Å². The van der Waals surface area contributed by atoms with Crippen LogP contribution in [0.15, 0.2) is 41.6 Å². The van der Waals surface area contributed by atoms with Crippen molar-refractivity contribution in [1.82, 2.24) is 19.6 Å². The number of pyridine rings is 1. The molecule has 1 aromatic carbocycles. The molecule has 0 saturated carbocycles. The van der Waals surface area contributed by atoms with Crippen molar-refractivity contribution in [3.63, 3.8) is 0 Å². The van der Waals surface area contributed by atoms with Gasteiger partial charge in [-0.1, -0.05) is 5.92 Å². The molecular formula is C28H32F4N6O3S. The molecule has 42 heavy (non-hydrogen) atoms. The molecular weight excluding hydrogens is 576 g/mol. The van der Waals surface area contributed by atoms with Gasteiger partial charge in [0.1, 0.15) is 29.2 Å². The van der Waals surface area contributed by atoms with E-state index >= 15 is 0 Å². The number of nitrogens with one attached hydrogen (secondary N) is 3. The van der Waals surface area contributed by atoms with E-state index in [2.05, 4.69) is 32.8 Å². The van der Waals surface area contributed by atoms with E-state index in [9.17, 15) is 22.4 Å². The number of nitrogens with zero attached hydrogens (tertiary/aromatic N) is 3. The largest absolute Gasteiger partial charge is 0.490 e. The average molecular weight is 609 g/mol. The van der Waals surface area contributed by atoms with Gasteiger partial charge in [0, 0.05) is 43.7 Å². The van der Waals surface area contributed by atoms with Gasteiger partial charge in [0.25, 0.3) is 5.91 Å². The lowest BCUT2D eigenvalue weighted by atomic mass is 10.1. The fourth-order valence-electron chi connectivity index (χ4n) is 4.19. The van der Waals surface area contributed by atoms with Crippen molar-refractivity contribution in [2.75, 3.05) is 64.7 Å². The number of rotatable bonds is 10. The molecule has 1 amide bonds. The molecule has 1 aliphatic rings. The van der Waals surface area contributed by atoms with Gasteiger partial charge in [0.15, 0.2) is 5.65 Å². The highest BCUT2D eigenvalue weighted by molar-refractivity contribution is 8.00. The predicted octanol–water partition coefficient (Wildman–Crippen LogP) is 4.25. The number of benzene rings is 1. The van der Waals surface area contributed by atoms with Crippen molar-refractivity contribution in [3.05, 3.63) is 47.8 Å². The number of carbonyl (C=O) groups is 1. The topological polar surface area (TPSA) is 92.2 Å². The Bertz CT molecular complexity index is 1450. The van der Waals surface area contributed by atoms with Crippen LogP contribution in [0.3, 0.4) is 0 Å². The van der Waals surface area contributed by atoms with E-state index in [0.717, 1.165) is 0 Å². The smallest absolute Gasteiger partial charge is 0.447 e. The van der Waals surface area contributed by atoms with Gasteiger partial charge in [-0.3, -0.25) is 9.20 Å². The molecule has 1 saturated heterocycles. The minimum atomic E-state index is -4.58. The third-order valence-corrected chi connectivity index (χ3v) is 7.10. The Morgan fingerprint density at radius 3 is 2.81 bits per heavy atom. The summed E-state index contributed by atoms with van der Waals surface area (Å²) in [5.41, 5.74) is -3.05. The minimum Gasteiger partial charge on any atom is -0.490 e. The van der Waals surface area contributed by atoms with Crippen LogP contribution in [-0.4, -0.2) is 92.0 Å². The molecule has 1 unspecified atom stereocenters. The zero-order valence-corrected chi connectivity index (χ0v) is 24.2. The minimum absolute atomic E-state index is 0.0505. The number of halogens is 4. The Hall–Kier alpha value is -3.67. The van der Waals surface area contributed by atoms with E-state index in [-0.39, 0.29) is 47.2 Å². The van der Waals surface area contributed by atoms with E-state index in [4.69, 9.17) is 9.47 Å². The number of carbonyl (C=O) groups excluding carboxylic acids is 1. The van der Waals surface area contributed by atoms with Crippen LogP contribution < -0.4 is 20.7 Å². The first kappa shape index (κ1) is 31.3. The van der Waals surface area contributed by atoms with Crippen molar-refractivity contribution in [3.8, 4) is 17.6 Å². The van der Waals surface area contributed by atoms with Crippen LogP contribution in [0.4, 0.5) is 28.9 Å². The van der Waals surface area contributed by atoms with Crippen molar-refractivity contribution < 1.29 is 31.8 Å². The first-order valence-corrected chi connectivity index (χ1v) is 14.0. The van der Waals surface area contributed by atoms with E-state index in [1.165, 1.54) is 17.6 Å². The van der Waals surface area contributed by atoms with Gasteiger partial charge < -0.3 is 30.3 Å². The molecule has 0 radical (unpaired) electrons. The number of fused-ring (bicyclic) bond motifs is 1. The fraction of sp³-hybridized carbons (Fsp3) is 0.429. The normalized spacial score (nSPS) is 17.0. The zero-order valence-electron chi connectivity index (χ0n) is 23.3. The number of amides is 1. The molecule has 4 rings (SSSR count). The molecule has 3 heterocycles. The number of imidazole rings is 1. The second-order valence-corrected chi connectivity index (χ2v) is 10.7. The van der Waals surface area contributed by atoms with Gasteiger partial charge >= 0.3 is 5.51 Å². The Kier molecular flexibility index (Phi) is 10.4. The van der Waals surface area contributed by atoms with Crippen LogP contribution in [0.25, 0.3) is 5.65 Å². The van der Waals surface area contributed by atoms with Crippen LogP contribution in [0, 0.1) is 11.8 Å². The number of alkyl halides is 4. The highest BCUT2D eigenvalue weighted by Gasteiger charge is 2.33. The van der Waals surface area contributed by atoms with Crippen molar-refractivity contribution in [2.24, 2.45) is 0 Å². The van der Waals surface area contributed by atoms with Gasteiger partial charge in [-0.2, -0.15) is 13.2 Å². The standard InChI is InChI=1S/C28H32F4N6O3S/c1-33-26(39)18-8-9-21(24(16-18)41-15-13-37(2)3)34-11-4-6-23-27(42-28(30,31)32)38-12-5-7-22(25(38)36-23)35-20-10-14-40-17-19(20)29/h5,7-9,12,16,19-20,34-35H,10-11,13-15,17H2,1-3H3,(H,33,39)/t19?,20-/m1/s1. The van der Waals surface area contributed by atoms with Gasteiger partial charge in [-0.15, -0.1) is 0 Å². The molecule has 2 aromatic heterocycles. The molecule has 0 spiro atoms. The SMILES string of the molecule is CNC(=O)c1ccc(NCC#Cc2nc3c(N[C@@H]4CCOCC4F)cccn3c2SC(F)(F)F)c(OCCN(C)C)c1. The molecule has 0 aliphatic carbocycles. The lowest BCUT2D eigenvalue weighted by Gasteiger charge is -2.27. The van der Waals surface area contributed by atoms with E-state index < -0.39 is 17.7 Å². The predicted molar refractivity (Wildman–Crippen MR) is 154 cm³/mol. The number of aromatic nitrogens is 2. The third-order valence-electron chi connectivity index (χ3n) is 6.29. The number of thioether (sulfide) groups is 1. The number of anilines is 2. The summed E-state index contributed by atoms with van der Waals surface area (Å²) >= 11 is -0.313. The lowest BCUT2D eigenvalue weighted by Crippen LogP contribution is -2.39. The molecule has 0 bridgehead atoms. The summed E-state index contributed by atoms with van der Waals surface area (Å²) in [4.78, 5) is 18.4. The maximum absolute atomic E-state index is 14.4. The molecule has 226 valence electrons. The molecule has 1 fully saturated rings. The summed E-state index contributed by atoms with van der Waals surface area (Å²) in [5.74, 6) is 5.76. The van der Waals surface area contributed by atoms with Crippen LogP contribution >= 0.6 is 11.8 Å². The Morgan fingerprint density at radius 2 is 2.10 bits per heavy atom. The summed E-state index contributed by atoms with van der Waals surface area (Å²) in [7, 11) is 5.35. The Labute approximate surface area is 245 Å². The van der Waals surface area contributed by atoms with Crippen LogP contribution in [0.5, 0.6) is 5.75 Å². The molecule has 9 nitrogen and oxygen atoms in total. The zero-order chi connectivity index (χ0) is 30.3. The quantitative estimate of drug-likeness (QED) is 0.179. The molecule has 3 aromatic rings. The number of hydrogen-bond donors (Lipinski definition) is 3. The first-order chi connectivity index (χ1) is 20.1. The molecule has 1 aliphatic heterocycles. The van der Waals surface area contributed by atoms with Crippen LogP contribution in [0.2, 0.25) is 0 Å². The van der Waals surface area contributed by atoms with Gasteiger partial charge in [-0.25, -0.2) is 9.37 Å². The second kappa shape index (κ2) is 14.0. The summed E-state index contributed by atoms with van der Waals surface area (Å²) < 4.78 is 67.2. The average Bonchev–Trinajstić information content (AvgIpc) is 3.28. The van der Waals surface area contributed by atoms with Gasteiger partial charge in [0.05, 0.1) is 30.6 Å². The monoisotopic (exact) mass is 608 g/mol. The van der Waals surface area contributed by atoms with E-state index in [0.29, 0.717) is 48.9 Å². The van der Waals surface area contributed by atoms with Crippen LogP contribution in [-0.2, 0) is 4.74 Å². The number of likely N-dealkylation sites (N-methyl/N-ethyl adjacent to an activating group) is 1. The third kappa shape index (κ3) is 8.21. The second-order valence-electron chi connectivity index (χ2n) is 9.66. The highest BCUT2D eigenvalue weighted by atomic mass is 32.2. The summed E-state index contributed by atoms with van der Waals surface area (Å²) in [6.45, 7) is 1.41. The van der Waals surface area contributed by atoms with E-state index in [1.54, 1.807) is 30.3 Å². The molecule has 14 heteroatoms. The number of ether oxygens (including phenoxy) is 2. The number of hydrogen-bond acceptors (Lipinski definition) is 8. The maximum Gasteiger partial charge on any atom is 0.447 e. The Morgan fingerprint density at radius 1 is 1.29 bits per heavy atom. The Balaban J connectivity index is 1.58. The summed E-state index contributed by atoms with van der Waals surface area (Å²) in [5, 5.41) is 8.56. The summed E-state index contributed by atoms with van der Waals surface area (Å²) in [6.07, 6.45) is 0.620. The molecule has 2 atom stereocenters. The molecule has 3 N–H and O–H groups in total. The fourth-order valence-corrected chi connectivity index (χ4v) is 4.85. The lowest BCUT2D eigenvalue weighted by molar-refractivity contribution is -0.0330. The van der Waals surface area contributed by atoms with Gasteiger partial charge in [-0.05, 0) is 56.8 Å². The van der Waals surface area contributed by atoms with Crippen molar-refractivity contribution >= 4 is 34.7 Å². The highest BCUT2D eigenvalue weighted by Crippen LogP contribution is 2.39. The summed E-state index contributed by atoms with van der Waals surface area (Å²) in [6, 6.07) is 7.58. The maximum atomic E-state index is 14.4. The van der Waals surface area contributed by atoms with Crippen molar-refractivity contribution in [2.45, 2.75) is 29.2 Å². The van der Waals surface area contributed by atoms with E-state index in [1.807, 2.05) is 19.0 Å².